The van der Waals surface area contributed by atoms with Crippen LogP contribution in [0.2, 0.25) is 0 Å². The molecular formula is C20H19N2+. The van der Waals surface area contributed by atoms with Gasteiger partial charge in [0.2, 0.25) is 0 Å². The molecule has 108 valence electrons. The van der Waals surface area contributed by atoms with E-state index in [1.54, 1.807) is 0 Å². The van der Waals surface area contributed by atoms with Gasteiger partial charge < -0.3 is 0 Å². The quantitative estimate of drug-likeness (QED) is 0.463. The van der Waals surface area contributed by atoms with E-state index in [9.17, 15) is 0 Å². The van der Waals surface area contributed by atoms with Crippen molar-refractivity contribution in [1.29, 1.82) is 0 Å². The third kappa shape index (κ3) is 1.77. The molecule has 0 saturated heterocycles. The molecule has 2 nitrogen and oxygen atoms in total. The van der Waals surface area contributed by atoms with Gasteiger partial charge in [-0.15, -0.1) is 0 Å². The molecule has 4 aromatic rings. The van der Waals surface area contributed by atoms with Crippen LogP contribution in [0, 0.1) is 13.8 Å². The van der Waals surface area contributed by atoms with Crippen LogP contribution >= 0.6 is 0 Å². The molecule has 0 saturated carbocycles. The summed E-state index contributed by atoms with van der Waals surface area (Å²) < 4.78 is 4.58. The fourth-order valence-electron chi connectivity index (χ4n) is 3.40. The van der Waals surface area contributed by atoms with Crippen molar-refractivity contribution >= 4 is 21.8 Å². The maximum absolute atomic E-state index is 2.37. The first-order valence-electron chi connectivity index (χ1n) is 7.62. The summed E-state index contributed by atoms with van der Waals surface area (Å²) >= 11 is 0. The van der Waals surface area contributed by atoms with Crippen LogP contribution in [0.1, 0.15) is 11.1 Å². The lowest BCUT2D eigenvalue weighted by molar-refractivity contribution is -0.665. The molecule has 0 radical (unpaired) electrons. The Hall–Kier alpha value is -2.61. The average Bonchev–Trinajstić information content (AvgIpc) is 2.84. The molecule has 2 heterocycles. The Labute approximate surface area is 130 Å². The largest absolute Gasteiger partial charge is 0.286 e. The SMILES string of the molecule is Cc1ccc(-n2c3ccccc3c3cccc(C)c32)[n+](C)c1. The Morgan fingerprint density at radius 1 is 0.818 bits per heavy atom. The third-order valence-electron chi connectivity index (χ3n) is 4.38. The maximum Gasteiger partial charge on any atom is 0.286 e. The van der Waals surface area contributed by atoms with Gasteiger partial charge in [0, 0.05) is 16.8 Å². The minimum Gasteiger partial charge on any atom is -0.236 e. The topological polar surface area (TPSA) is 8.81 Å². The highest BCUT2D eigenvalue weighted by atomic mass is 15.1. The summed E-state index contributed by atoms with van der Waals surface area (Å²) in [6.07, 6.45) is 2.17. The van der Waals surface area contributed by atoms with Crippen LogP contribution in [-0.2, 0) is 7.05 Å². The Balaban J connectivity index is 2.24. The molecule has 2 heteroatoms. The van der Waals surface area contributed by atoms with E-state index in [0.29, 0.717) is 0 Å². The van der Waals surface area contributed by atoms with Gasteiger partial charge in [0.15, 0.2) is 0 Å². The van der Waals surface area contributed by atoms with E-state index < -0.39 is 0 Å². The maximum atomic E-state index is 2.37. The van der Waals surface area contributed by atoms with Crippen LogP contribution in [0.3, 0.4) is 0 Å². The van der Waals surface area contributed by atoms with Gasteiger partial charge in [-0.25, -0.2) is 4.57 Å². The summed E-state index contributed by atoms with van der Waals surface area (Å²) in [5, 5.41) is 2.62. The van der Waals surface area contributed by atoms with Crippen molar-refractivity contribution in [3.05, 3.63) is 71.9 Å². The average molecular weight is 287 g/mol. The number of aromatic nitrogens is 2. The lowest BCUT2D eigenvalue weighted by Crippen LogP contribution is -2.33. The van der Waals surface area contributed by atoms with Crippen LogP contribution in [0.4, 0.5) is 0 Å². The number of fused-ring (bicyclic) bond motifs is 3. The first-order valence-corrected chi connectivity index (χ1v) is 7.62. The van der Waals surface area contributed by atoms with E-state index in [4.69, 9.17) is 0 Å². The second-order valence-electron chi connectivity index (χ2n) is 6.00. The molecular weight excluding hydrogens is 268 g/mol. The molecule has 0 aliphatic heterocycles. The molecule has 2 aromatic carbocycles. The molecule has 0 N–H and O–H groups in total. The summed E-state index contributed by atoms with van der Waals surface area (Å²) in [5.41, 5.74) is 5.12. The minimum absolute atomic E-state index is 1.19. The minimum atomic E-state index is 1.19. The zero-order chi connectivity index (χ0) is 15.3. The Morgan fingerprint density at radius 3 is 2.41 bits per heavy atom. The first kappa shape index (κ1) is 13.1. The van der Waals surface area contributed by atoms with Gasteiger partial charge in [0.05, 0.1) is 13.2 Å². The molecule has 0 spiro atoms. The number of benzene rings is 2. The fourth-order valence-corrected chi connectivity index (χ4v) is 3.40. The second kappa shape index (κ2) is 4.70. The molecule has 22 heavy (non-hydrogen) atoms. The first-order chi connectivity index (χ1) is 10.7. The molecule has 0 aliphatic carbocycles. The van der Waals surface area contributed by atoms with E-state index >= 15 is 0 Å². The number of hydrogen-bond donors (Lipinski definition) is 0. The smallest absolute Gasteiger partial charge is 0.236 e. The van der Waals surface area contributed by atoms with Gasteiger partial charge in [-0.3, -0.25) is 0 Å². The summed E-state index contributed by atoms with van der Waals surface area (Å²) in [4.78, 5) is 0. The van der Waals surface area contributed by atoms with Crippen LogP contribution in [-0.4, -0.2) is 4.57 Å². The van der Waals surface area contributed by atoms with Gasteiger partial charge >= 0.3 is 0 Å². The van der Waals surface area contributed by atoms with Crippen molar-refractivity contribution in [3.63, 3.8) is 0 Å². The van der Waals surface area contributed by atoms with Crippen LogP contribution in [0.25, 0.3) is 27.6 Å². The lowest BCUT2D eigenvalue weighted by Gasteiger charge is -2.05. The van der Waals surface area contributed by atoms with Gasteiger partial charge in [-0.2, -0.15) is 4.57 Å². The number of para-hydroxylation sites is 2. The normalized spacial score (nSPS) is 11.4. The van der Waals surface area contributed by atoms with Crippen molar-refractivity contribution in [2.45, 2.75) is 13.8 Å². The Kier molecular flexibility index (Phi) is 2.80. The highest BCUT2D eigenvalue weighted by Crippen LogP contribution is 2.32. The van der Waals surface area contributed by atoms with E-state index in [1.165, 1.54) is 38.8 Å². The van der Waals surface area contributed by atoms with Crippen LogP contribution in [0.5, 0.6) is 0 Å². The highest BCUT2D eigenvalue weighted by molar-refractivity contribution is 6.09. The van der Waals surface area contributed by atoms with Gasteiger partial charge in [-0.1, -0.05) is 24.3 Å². The van der Waals surface area contributed by atoms with Crippen molar-refractivity contribution in [2.24, 2.45) is 7.05 Å². The Morgan fingerprint density at radius 2 is 1.59 bits per heavy atom. The molecule has 0 amide bonds. The number of nitrogens with zero attached hydrogens (tertiary/aromatic N) is 2. The van der Waals surface area contributed by atoms with Crippen LogP contribution in [0.15, 0.2) is 60.8 Å². The van der Waals surface area contributed by atoms with Crippen molar-refractivity contribution in [2.75, 3.05) is 0 Å². The molecule has 0 fully saturated rings. The molecule has 0 unspecified atom stereocenters. The summed E-state index contributed by atoms with van der Waals surface area (Å²) in [6.45, 7) is 4.31. The summed E-state index contributed by atoms with van der Waals surface area (Å²) in [5.74, 6) is 1.19. The molecule has 0 bridgehead atoms. The zero-order valence-corrected chi connectivity index (χ0v) is 13.2. The van der Waals surface area contributed by atoms with E-state index in [-0.39, 0.29) is 0 Å². The predicted molar refractivity (Wildman–Crippen MR) is 91.4 cm³/mol. The van der Waals surface area contributed by atoms with E-state index in [2.05, 4.69) is 90.8 Å². The highest BCUT2D eigenvalue weighted by Gasteiger charge is 2.21. The van der Waals surface area contributed by atoms with Gasteiger partial charge in [0.1, 0.15) is 11.0 Å². The Bertz CT molecular complexity index is 1010. The number of aryl methyl sites for hydroxylation is 3. The van der Waals surface area contributed by atoms with Crippen LogP contribution < -0.4 is 4.57 Å². The van der Waals surface area contributed by atoms with Gasteiger partial charge in [-0.05, 0) is 49.2 Å². The standard InChI is InChI=1S/C20H19N2/c1-14-11-12-19(21(3)13-14)22-18-10-5-4-8-16(18)17-9-6-7-15(2)20(17)22/h4-13H,1-3H3/q+1. The van der Waals surface area contributed by atoms with Crippen molar-refractivity contribution in [3.8, 4) is 5.82 Å². The molecule has 0 atom stereocenters. The lowest BCUT2D eigenvalue weighted by atomic mass is 10.1. The van der Waals surface area contributed by atoms with Gasteiger partial charge in [0.25, 0.3) is 5.82 Å². The predicted octanol–water partition coefficient (Wildman–Crippen LogP) is 4.23. The molecule has 4 rings (SSSR count). The monoisotopic (exact) mass is 287 g/mol. The van der Waals surface area contributed by atoms with E-state index in [1.807, 2.05) is 0 Å². The fraction of sp³-hybridized carbons (Fsp3) is 0.150. The summed E-state index contributed by atoms with van der Waals surface area (Å²) in [7, 11) is 2.11. The second-order valence-corrected chi connectivity index (χ2v) is 6.00. The van der Waals surface area contributed by atoms with Crippen molar-refractivity contribution in [1.82, 2.24) is 4.57 Å². The van der Waals surface area contributed by atoms with Crippen molar-refractivity contribution < 1.29 is 4.57 Å². The van der Waals surface area contributed by atoms with E-state index in [0.717, 1.165) is 0 Å². The molecule has 0 aliphatic rings. The third-order valence-corrected chi connectivity index (χ3v) is 4.38. The number of rotatable bonds is 1. The summed E-state index contributed by atoms with van der Waals surface area (Å²) in [6, 6.07) is 19.6. The number of hydrogen-bond acceptors (Lipinski definition) is 0. The number of pyridine rings is 1. The zero-order valence-electron chi connectivity index (χ0n) is 13.2. The molecule has 2 aromatic heterocycles.